The molecule has 0 aliphatic carbocycles. The fourth-order valence-corrected chi connectivity index (χ4v) is 3.62. The summed E-state index contributed by atoms with van der Waals surface area (Å²) >= 11 is 4.74. The molecular formula is C9H19N3O3S2. The molecule has 0 rings (SSSR count). The number of carbonyl (C=O) groups is 1. The van der Waals surface area contributed by atoms with E-state index in [4.69, 9.17) is 18.0 Å². The number of nitrogens with one attached hydrogen (secondary N) is 1. The molecule has 8 heteroatoms. The number of likely N-dealkylation sites (N-methyl/N-ethyl adjacent to an activating group) is 2. The molecule has 6 nitrogen and oxygen atoms in total. The van der Waals surface area contributed by atoms with E-state index in [0.29, 0.717) is 6.42 Å². The Balaban J connectivity index is 5.10. The third-order valence-electron chi connectivity index (χ3n) is 2.36. The van der Waals surface area contributed by atoms with Crippen LogP contribution in [0.5, 0.6) is 0 Å². The van der Waals surface area contributed by atoms with Crippen LogP contribution in [0.1, 0.15) is 20.3 Å². The zero-order valence-corrected chi connectivity index (χ0v) is 11.9. The van der Waals surface area contributed by atoms with E-state index in [-0.39, 0.29) is 24.0 Å². The van der Waals surface area contributed by atoms with Crippen LogP contribution in [0.4, 0.5) is 0 Å². The van der Waals surface area contributed by atoms with Crippen LogP contribution in [-0.2, 0) is 14.8 Å². The lowest BCUT2D eigenvalue weighted by atomic mass is 10.3. The van der Waals surface area contributed by atoms with Crippen LogP contribution in [0.2, 0.25) is 0 Å². The molecule has 0 aromatic heterocycles. The molecular weight excluding hydrogens is 262 g/mol. The van der Waals surface area contributed by atoms with Crippen LogP contribution in [0.25, 0.3) is 0 Å². The number of nitrogens with zero attached hydrogens (tertiary/aromatic N) is 1. The normalized spacial score (nSPS) is 13.4. The van der Waals surface area contributed by atoms with Crippen LogP contribution < -0.4 is 11.1 Å². The first-order valence-corrected chi connectivity index (χ1v) is 7.21. The van der Waals surface area contributed by atoms with Crippen molar-refractivity contribution in [2.45, 2.75) is 25.5 Å². The monoisotopic (exact) mass is 281 g/mol. The van der Waals surface area contributed by atoms with E-state index in [1.807, 2.05) is 0 Å². The second-order valence-electron chi connectivity index (χ2n) is 3.44. The van der Waals surface area contributed by atoms with Crippen molar-refractivity contribution in [2.75, 3.05) is 20.1 Å². The first-order chi connectivity index (χ1) is 7.81. The minimum Gasteiger partial charge on any atom is -0.392 e. The summed E-state index contributed by atoms with van der Waals surface area (Å²) in [7, 11) is -2.21. The van der Waals surface area contributed by atoms with E-state index < -0.39 is 15.3 Å². The summed E-state index contributed by atoms with van der Waals surface area (Å²) in [5.74, 6) is -0.367. The molecule has 0 saturated heterocycles. The maximum absolute atomic E-state index is 12.2. The molecule has 3 N–H and O–H groups in total. The van der Waals surface area contributed by atoms with Gasteiger partial charge in [-0.2, -0.15) is 4.31 Å². The van der Waals surface area contributed by atoms with Crippen LogP contribution in [0.3, 0.4) is 0 Å². The molecule has 0 bridgehead atoms. The predicted molar refractivity (Wildman–Crippen MR) is 71.1 cm³/mol. The van der Waals surface area contributed by atoms with E-state index in [1.165, 1.54) is 7.05 Å². The van der Waals surface area contributed by atoms with Gasteiger partial charge in [0.25, 0.3) is 0 Å². The molecule has 0 spiro atoms. The topological polar surface area (TPSA) is 92.5 Å². The molecule has 0 aliphatic rings. The van der Waals surface area contributed by atoms with E-state index in [0.717, 1.165) is 4.31 Å². The summed E-state index contributed by atoms with van der Waals surface area (Å²) in [6.45, 7) is 3.34. The Bertz CT molecular complexity index is 381. The number of hydrogen-bond acceptors (Lipinski definition) is 4. The van der Waals surface area contributed by atoms with E-state index >= 15 is 0 Å². The number of hydrogen-bond donors (Lipinski definition) is 2. The zero-order valence-electron chi connectivity index (χ0n) is 10.3. The predicted octanol–water partition coefficient (Wildman–Crippen LogP) is -0.551. The molecule has 0 radical (unpaired) electrons. The van der Waals surface area contributed by atoms with Gasteiger partial charge in [-0.15, -0.1) is 0 Å². The molecule has 0 aromatic carbocycles. The van der Waals surface area contributed by atoms with Crippen LogP contribution >= 0.6 is 12.2 Å². The molecule has 0 heterocycles. The standard InChI is InChI=1S/C9H19N3O3S2/c1-4-7(9(10)16)17(14,15)12(5-2)6-8(13)11-3/h7H,4-6H2,1-3H3,(H2,10,16)(H,11,13). The van der Waals surface area contributed by atoms with Gasteiger partial charge in [-0.25, -0.2) is 8.42 Å². The largest absolute Gasteiger partial charge is 0.392 e. The van der Waals surface area contributed by atoms with Gasteiger partial charge in [-0.1, -0.05) is 26.1 Å². The van der Waals surface area contributed by atoms with Gasteiger partial charge in [-0.05, 0) is 6.42 Å². The Hall–Kier alpha value is -0.730. The highest BCUT2D eigenvalue weighted by atomic mass is 32.2. The maximum atomic E-state index is 12.2. The summed E-state index contributed by atoms with van der Waals surface area (Å²) in [4.78, 5) is 11.2. The van der Waals surface area contributed by atoms with Crippen molar-refractivity contribution < 1.29 is 13.2 Å². The number of nitrogens with two attached hydrogens (primary N) is 1. The minimum atomic E-state index is -3.66. The third-order valence-corrected chi connectivity index (χ3v) is 5.21. The lowest BCUT2D eigenvalue weighted by molar-refractivity contribution is -0.120. The SMILES string of the molecule is CCC(C(N)=S)S(=O)(=O)N(CC)CC(=O)NC. The van der Waals surface area contributed by atoms with Crippen molar-refractivity contribution in [1.82, 2.24) is 9.62 Å². The number of sulfonamides is 1. The van der Waals surface area contributed by atoms with Gasteiger partial charge >= 0.3 is 0 Å². The van der Waals surface area contributed by atoms with Crippen LogP contribution in [0.15, 0.2) is 0 Å². The molecule has 1 unspecified atom stereocenters. The molecule has 100 valence electrons. The van der Waals surface area contributed by atoms with Gasteiger partial charge in [0.05, 0.1) is 11.5 Å². The Morgan fingerprint density at radius 3 is 2.29 bits per heavy atom. The highest BCUT2D eigenvalue weighted by Crippen LogP contribution is 2.12. The molecule has 0 aromatic rings. The van der Waals surface area contributed by atoms with Gasteiger partial charge < -0.3 is 11.1 Å². The van der Waals surface area contributed by atoms with Gasteiger partial charge in [0.1, 0.15) is 5.25 Å². The number of carbonyl (C=O) groups excluding carboxylic acids is 1. The minimum absolute atomic E-state index is 0.0668. The Morgan fingerprint density at radius 2 is 2.00 bits per heavy atom. The van der Waals surface area contributed by atoms with Gasteiger partial charge in [0.15, 0.2) is 0 Å². The molecule has 1 amide bonds. The fourth-order valence-electron chi connectivity index (χ4n) is 1.36. The van der Waals surface area contributed by atoms with E-state index in [1.54, 1.807) is 13.8 Å². The highest BCUT2D eigenvalue weighted by Gasteiger charge is 2.32. The van der Waals surface area contributed by atoms with Crippen molar-refractivity contribution in [3.8, 4) is 0 Å². The van der Waals surface area contributed by atoms with Crippen LogP contribution in [0, 0.1) is 0 Å². The summed E-state index contributed by atoms with van der Waals surface area (Å²) in [5, 5.41) is 1.46. The summed E-state index contributed by atoms with van der Waals surface area (Å²) < 4.78 is 25.4. The van der Waals surface area contributed by atoms with Crippen molar-refractivity contribution in [2.24, 2.45) is 5.73 Å². The number of thiocarbonyl (C=S) groups is 1. The van der Waals surface area contributed by atoms with Crippen LogP contribution in [-0.4, -0.2) is 49.0 Å². The third kappa shape index (κ3) is 4.21. The second kappa shape index (κ2) is 6.87. The fraction of sp³-hybridized carbons (Fsp3) is 0.778. The second-order valence-corrected chi connectivity index (χ2v) is 6.03. The van der Waals surface area contributed by atoms with Gasteiger partial charge in [-0.3, -0.25) is 4.79 Å². The average molecular weight is 281 g/mol. The van der Waals surface area contributed by atoms with Crippen molar-refractivity contribution in [1.29, 1.82) is 0 Å². The molecule has 1 atom stereocenters. The zero-order chi connectivity index (χ0) is 13.6. The van der Waals surface area contributed by atoms with Gasteiger partial charge in [0.2, 0.25) is 15.9 Å². The van der Waals surface area contributed by atoms with Crippen molar-refractivity contribution in [3.05, 3.63) is 0 Å². The molecule has 17 heavy (non-hydrogen) atoms. The van der Waals surface area contributed by atoms with E-state index in [2.05, 4.69) is 5.32 Å². The summed E-state index contributed by atoms with van der Waals surface area (Å²) in [6.07, 6.45) is 0.294. The summed E-state index contributed by atoms with van der Waals surface area (Å²) in [5.41, 5.74) is 5.41. The Morgan fingerprint density at radius 1 is 1.47 bits per heavy atom. The summed E-state index contributed by atoms with van der Waals surface area (Å²) in [6, 6.07) is 0. The maximum Gasteiger partial charge on any atom is 0.235 e. The molecule has 0 fully saturated rings. The quantitative estimate of drug-likeness (QED) is 0.611. The first kappa shape index (κ1) is 16.3. The highest BCUT2D eigenvalue weighted by molar-refractivity contribution is 7.92. The molecule has 0 saturated carbocycles. The van der Waals surface area contributed by atoms with Crippen molar-refractivity contribution in [3.63, 3.8) is 0 Å². The first-order valence-electron chi connectivity index (χ1n) is 5.30. The Labute approximate surface area is 108 Å². The lowest BCUT2D eigenvalue weighted by Crippen LogP contribution is -2.47. The average Bonchev–Trinajstić information content (AvgIpc) is 2.24. The lowest BCUT2D eigenvalue weighted by Gasteiger charge is -2.24. The van der Waals surface area contributed by atoms with Gasteiger partial charge in [0, 0.05) is 13.6 Å². The number of amides is 1. The molecule has 0 aliphatic heterocycles. The van der Waals surface area contributed by atoms with Crippen molar-refractivity contribution >= 4 is 33.1 Å². The number of rotatable bonds is 7. The van der Waals surface area contributed by atoms with E-state index in [9.17, 15) is 13.2 Å². The Kier molecular flexibility index (Phi) is 6.58. The smallest absolute Gasteiger partial charge is 0.235 e.